The number of nitrogens with two attached hydrogens (primary N) is 1. The van der Waals surface area contributed by atoms with E-state index in [1.54, 1.807) is 0 Å². The molecule has 4 N–H and O–H groups in total. The zero-order chi connectivity index (χ0) is 12.3. The van der Waals surface area contributed by atoms with Crippen LogP contribution in [0, 0.1) is 5.92 Å². The molecule has 1 saturated carbocycles. The molecular formula is C12H17N3O2. The standard InChI is InChI=1S/C12H17N3O2/c13-6-8-2-1-3-10(8)15-12(17)9-4-5-14-7-11(9)16/h4-5,7-8,10,16H,1-3,6,13H2,(H,15,17). The lowest BCUT2D eigenvalue weighted by Crippen LogP contribution is -2.39. The lowest BCUT2D eigenvalue weighted by molar-refractivity contribution is 0.0926. The van der Waals surface area contributed by atoms with E-state index in [1.165, 1.54) is 18.5 Å². The number of hydrogen-bond acceptors (Lipinski definition) is 4. The largest absolute Gasteiger partial charge is 0.505 e. The third-order valence-electron chi connectivity index (χ3n) is 3.32. The molecule has 0 bridgehead atoms. The fourth-order valence-corrected chi connectivity index (χ4v) is 2.33. The van der Waals surface area contributed by atoms with Crippen LogP contribution in [0.15, 0.2) is 18.5 Å². The summed E-state index contributed by atoms with van der Waals surface area (Å²) >= 11 is 0. The van der Waals surface area contributed by atoms with Crippen molar-refractivity contribution in [1.82, 2.24) is 10.3 Å². The summed E-state index contributed by atoms with van der Waals surface area (Å²) < 4.78 is 0. The number of nitrogens with zero attached hydrogens (tertiary/aromatic N) is 1. The van der Waals surface area contributed by atoms with E-state index in [1.807, 2.05) is 0 Å². The number of hydrogen-bond donors (Lipinski definition) is 3. The van der Waals surface area contributed by atoms with Crippen LogP contribution in [-0.2, 0) is 0 Å². The highest BCUT2D eigenvalue weighted by Gasteiger charge is 2.28. The van der Waals surface area contributed by atoms with Gasteiger partial charge in [0.05, 0.1) is 11.8 Å². The molecule has 2 rings (SSSR count). The minimum absolute atomic E-state index is 0.0905. The molecule has 1 aromatic heterocycles. The summed E-state index contributed by atoms with van der Waals surface area (Å²) in [6.07, 6.45) is 5.87. The molecule has 1 aromatic rings. The van der Waals surface area contributed by atoms with Gasteiger partial charge < -0.3 is 16.2 Å². The maximum Gasteiger partial charge on any atom is 0.255 e. The average Bonchev–Trinajstić information content (AvgIpc) is 2.76. The Labute approximate surface area is 100 Å². The molecule has 2 atom stereocenters. The minimum atomic E-state index is -0.254. The molecule has 0 spiro atoms. The summed E-state index contributed by atoms with van der Waals surface area (Å²) in [5.41, 5.74) is 5.92. The van der Waals surface area contributed by atoms with E-state index < -0.39 is 0 Å². The molecular weight excluding hydrogens is 218 g/mol. The molecule has 1 aliphatic rings. The molecule has 1 aliphatic carbocycles. The molecule has 92 valence electrons. The Kier molecular flexibility index (Phi) is 3.58. The molecule has 0 aliphatic heterocycles. The Hall–Kier alpha value is -1.62. The molecule has 5 heteroatoms. The highest BCUT2D eigenvalue weighted by Crippen LogP contribution is 2.25. The monoisotopic (exact) mass is 235 g/mol. The van der Waals surface area contributed by atoms with Gasteiger partial charge in [-0.25, -0.2) is 0 Å². The molecule has 0 aromatic carbocycles. The van der Waals surface area contributed by atoms with E-state index >= 15 is 0 Å². The Bertz CT molecular complexity index is 408. The van der Waals surface area contributed by atoms with E-state index in [-0.39, 0.29) is 23.3 Å². The summed E-state index contributed by atoms with van der Waals surface area (Å²) in [7, 11) is 0. The second kappa shape index (κ2) is 5.14. The number of amides is 1. The zero-order valence-electron chi connectivity index (χ0n) is 9.60. The Morgan fingerprint density at radius 3 is 3.12 bits per heavy atom. The van der Waals surface area contributed by atoms with Gasteiger partial charge in [0.15, 0.2) is 0 Å². The first kappa shape index (κ1) is 11.9. The summed E-state index contributed by atoms with van der Waals surface area (Å²) in [6.45, 7) is 0.591. The third kappa shape index (κ3) is 2.55. The topological polar surface area (TPSA) is 88.2 Å². The van der Waals surface area contributed by atoms with Gasteiger partial charge in [0, 0.05) is 12.2 Å². The van der Waals surface area contributed by atoms with Crippen molar-refractivity contribution in [3.05, 3.63) is 24.0 Å². The third-order valence-corrected chi connectivity index (χ3v) is 3.32. The van der Waals surface area contributed by atoms with Gasteiger partial charge in [-0.05, 0) is 31.4 Å². The molecule has 1 amide bonds. The van der Waals surface area contributed by atoms with Crippen molar-refractivity contribution in [2.24, 2.45) is 11.7 Å². The van der Waals surface area contributed by atoms with Crippen molar-refractivity contribution in [2.75, 3.05) is 6.54 Å². The van der Waals surface area contributed by atoms with E-state index in [0.717, 1.165) is 19.3 Å². The number of aromatic hydroxyl groups is 1. The van der Waals surface area contributed by atoms with Gasteiger partial charge in [-0.1, -0.05) is 6.42 Å². The first-order chi connectivity index (χ1) is 8.22. The number of pyridine rings is 1. The lowest BCUT2D eigenvalue weighted by Gasteiger charge is -2.19. The lowest BCUT2D eigenvalue weighted by atomic mass is 10.0. The van der Waals surface area contributed by atoms with Crippen molar-refractivity contribution in [3.63, 3.8) is 0 Å². The number of aromatic nitrogens is 1. The molecule has 17 heavy (non-hydrogen) atoms. The van der Waals surface area contributed by atoms with Gasteiger partial charge in [0.2, 0.25) is 0 Å². The SMILES string of the molecule is NCC1CCCC1NC(=O)c1ccncc1O. The van der Waals surface area contributed by atoms with Gasteiger partial charge >= 0.3 is 0 Å². The van der Waals surface area contributed by atoms with Gasteiger partial charge in [-0.2, -0.15) is 0 Å². The number of nitrogens with one attached hydrogen (secondary N) is 1. The van der Waals surface area contributed by atoms with Crippen LogP contribution in [0.4, 0.5) is 0 Å². The van der Waals surface area contributed by atoms with Gasteiger partial charge in [0.25, 0.3) is 5.91 Å². The maximum atomic E-state index is 11.9. The van der Waals surface area contributed by atoms with Crippen LogP contribution in [0.3, 0.4) is 0 Å². The summed E-state index contributed by atoms with van der Waals surface area (Å²) in [4.78, 5) is 15.7. The van der Waals surface area contributed by atoms with Crippen LogP contribution in [-0.4, -0.2) is 28.6 Å². The Morgan fingerprint density at radius 2 is 2.41 bits per heavy atom. The molecule has 1 heterocycles. The molecule has 5 nitrogen and oxygen atoms in total. The average molecular weight is 235 g/mol. The quantitative estimate of drug-likeness (QED) is 0.717. The summed E-state index contributed by atoms with van der Waals surface area (Å²) in [5.74, 6) is 0.00507. The Morgan fingerprint density at radius 1 is 1.59 bits per heavy atom. The zero-order valence-corrected chi connectivity index (χ0v) is 9.60. The second-order valence-corrected chi connectivity index (χ2v) is 4.40. The summed E-state index contributed by atoms with van der Waals surface area (Å²) in [6, 6.07) is 1.64. The van der Waals surface area contributed by atoms with Crippen molar-refractivity contribution in [1.29, 1.82) is 0 Å². The van der Waals surface area contributed by atoms with Gasteiger partial charge in [0.1, 0.15) is 5.75 Å². The summed E-state index contributed by atoms with van der Waals surface area (Å²) in [5, 5.41) is 12.5. The minimum Gasteiger partial charge on any atom is -0.505 e. The van der Waals surface area contributed by atoms with Gasteiger partial charge in [-0.3, -0.25) is 9.78 Å². The van der Waals surface area contributed by atoms with Crippen LogP contribution in [0.1, 0.15) is 29.6 Å². The van der Waals surface area contributed by atoms with E-state index in [4.69, 9.17) is 5.73 Å². The van der Waals surface area contributed by atoms with Crippen LogP contribution in [0.25, 0.3) is 0 Å². The van der Waals surface area contributed by atoms with Crippen LogP contribution in [0.5, 0.6) is 5.75 Å². The second-order valence-electron chi connectivity index (χ2n) is 4.40. The molecule has 0 radical (unpaired) electrons. The smallest absolute Gasteiger partial charge is 0.255 e. The normalized spacial score (nSPS) is 23.6. The number of carbonyl (C=O) groups is 1. The van der Waals surface area contributed by atoms with Crippen molar-refractivity contribution in [3.8, 4) is 5.75 Å². The molecule has 0 saturated heterocycles. The van der Waals surface area contributed by atoms with Crippen molar-refractivity contribution >= 4 is 5.91 Å². The fourth-order valence-electron chi connectivity index (χ4n) is 2.33. The fraction of sp³-hybridized carbons (Fsp3) is 0.500. The maximum absolute atomic E-state index is 11.9. The van der Waals surface area contributed by atoms with E-state index in [0.29, 0.717) is 12.5 Å². The first-order valence-corrected chi connectivity index (χ1v) is 5.86. The molecule has 1 fully saturated rings. The first-order valence-electron chi connectivity index (χ1n) is 5.86. The highest BCUT2D eigenvalue weighted by molar-refractivity contribution is 5.96. The molecule has 2 unspecified atom stereocenters. The van der Waals surface area contributed by atoms with Crippen LogP contribution in [0.2, 0.25) is 0 Å². The van der Waals surface area contributed by atoms with Crippen LogP contribution < -0.4 is 11.1 Å². The van der Waals surface area contributed by atoms with Crippen LogP contribution >= 0.6 is 0 Å². The van der Waals surface area contributed by atoms with Gasteiger partial charge in [-0.15, -0.1) is 0 Å². The van der Waals surface area contributed by atoms with E-state index in [9.17, 15) is 9.90 Å². The van der Waals surface area contributed by atoms with Crippen molar-refractivity contribution < 1.29 is 9.90 Å². The number of rotatable bonds is 3. The van der Waals surface area contributed by atoms with E-state index in [2.05, 4.69) is 10.3 Å². The number of carbonyl (C=O) groups excluding carboxylic acids is 1. The Balaban J connectivity index is 2.04. The highest BCUT2D eigenvalue weighted by atomic mass is 16.3. The van der Waals surface area contributed by atoms with Crippen molar-refractivity contribution in [2.45, 2.75) is 25.3 Å². The predicted molar refractivity (Wildman–Crippen MR) is 63.6 cm³/mol. The predicted octanol–water partition coefficient (Wildman–Crippen LogP) is 0.644.